The third-order valence-electron chi connectivity index (χ3n) is 5.27. The average molecular weight is 442 g/mol. The topological polar surface area (TPSA) is 82.7 Å². The van der Waals surface area contributed by atoms with Crippen molar-refractivity contribution in [2.45, 2.75) is 25.7 Å². The van der Waals surface area contributed by atoms with Crippen LogP contribution in [0, 0.1) is 20.8 Å². The molecule has 8 heteroatoms. The van der Waals surface area contributed by atoms with Gasteiger partial charge in [0.1, 0.15) is 16.1 Å². The van der Waals surface area contributed by atoms with Gasteiger partial charge in [-0.25, -0.2) is 18.2 Å². The molecule has 0 unspecified atom stereocenters. The van der Waals surface area contributed by atoms with Crippen LogP contribution in [-0.4, -0.2) is 30.9 Å². The first-order chi connectivity index (χ1) is 14.4. The van der Waals surface area contributed by atoms with Gasteiger partial charge in [-0.3, -0.25) is 9.13 Å². The highest BCUT2D eigenvalue weighted by molar-refractivity contribution is 7.90. The Morgan fingerprint density at radius 2 is 1.55 bits per heavy atom. The zero-order valence-electron chi connectivity index (χ0n) is 18.8. The summed E-state index contributed by atoms with van der Waals surface area (Å²) in [5.74, 6) is 0.258. The Labute approximate surface area is 182 Å². The van der Waals surface area contributed by atoms with Crippen molar-refractivity contribution in [3.05, 3.63) is 69.1 Å². The van der Waals surface area contributed by atoms with Crippen molar-refractivity contribution in [3.63, 3.8) is 0 Å². The molecule has 0 atom stereocenters. The SMILES string of the molecule is COc1ccc(-c2cc(=Nc3c(C)cc(C)cc3C)n(C)c(=O)n2C)cc1S(C)(=O)=O. The fourth-order valence-electron chi connectivity index (χ4n) is 3.72. The molecule has 1 aromatic heterocycles. The number of hydrogen-bond acceptors (Lipinski definition) is 5. The van der Waals surface area contributed by atoms with Crippen LogP contribution in [0.5, 0.6) is 5.75 Å². The average Bonchev–Trinajstić information content (AvgIpc) is 2.69. The molecule has 0 saturated heterocycles. The molecule has 31 heavy (non-hydrogen) atoms. The van der Waals surface area contributed by atoms with E-state index in [-0.39, 0.29) is 16.3 Å². The van der Waals surface area contributed by atoms with Gasteiger partial charge >= 0.3 is 5.69 Å². The van der Waals surface area contributed by atoms with Crippen LogP contribution < -0.4 is 15.9 Å². The quantitative estimate of drug-likeness (QED) is 0.623. The van der Waals surface area contributed by atoms with E-state index in [0.717, 1.165) is 28.6 Å². The van der Waals surface area contributed by atoms with Crippen LogP contribution in [0.15, 0.2) is 51.1 Å². The van der Waals surface area contributed by atoms with E-state index in [9.17, 15) is 13.2 Å². The molecule has 0 aliphatic rings. The van der Waals surface area contributed by atoms with E-state index in [0.29, 0.717) is 16.7 Å². The standard InChI is InChI=1S/C23H27N3O4S/c1-14-10-15(2)22(16(3)11-14)24-21-13-18(25(4)23(27)26(21)5)17-8-9-19(30-6)20(12-17)31(7,28)29/h8-13H,1-7H3. The van der Waals surface area contributed by atoms with Crippen LogP contribution in [0.3, 0.4) is 0 Å². The van der Waals surface area contributed by atoms with Crippen molar-refractivity contribution in [2.75, 3.05) is 13.4 Å². The smallest absolute Gasteiger partial charge is 0.329 e. The highest BCUT2D eigenvalue weighted by atomic mass is 32.2. The van der Waals surface area contributed by atoms with Crippen LogP contribution in [-0.2, 0) is 23.9 Å². The lowest BCUT2D eigenvalue weighted by molar-refractivity contribution is 0.403. The van der Waals surface area contributed by atoms with Gasteiger partial charge in [0.2, 0.25) is 0 Å². The van der Waals surface area contributed by atoms with Gasteiger partial charge < -0.3 is 4.74 Å². The monoisotopic (exact) mass is 441 g/mol. The van der Waals surface area contributed by atoms with Gasteiger partial charge in [0.15, 0.2) is 9.84 Å². The summed E-state index contributed by atoms with van der Waals surface area (Å²) >= 11 is 0. The van der Waals surface area contributed by atoms with Gasteiger partial charge in [-0.15, -0.1) is 0 Å². The van der Waals surface area contributed by atoms with Crippen molar-refractivity contribution >= 4 is 15.5 Å². The molecule has 7 nitrogen and oxygen atoms in total. The highest BCUT2D eigenvalue weighted by Gasteiger charge is 2.17. The number of nitrogens with zero attached hydrogens (tertiary/aromatic N) is 3. The van der Waals surface area contributed by atoms with Gasteiger partial charge in [0.25, 0.3) is 0 Å². The summed E-state index contributed by atoms with van der Waals surface area (Å²) in [6, 6.07) is 10.7. The number of methoxy groups -OCH3 is 1. The van der Waals surface area contributed by atoms with Gasteiger partial charge in [0.05, 0.1) is 18.5 Å². The van der Waals surface area contributed by atoms with E-state index in [1.54, 1.807) is 32.3 Å². The third-order valence-corrected chi connectivity index (χ3v) is 6.38. The number of aryl methyl sites for hydroxylation is 3. The molecular formula is C23H27N3O4S. The van der Waals surface area contributed by atoms with Crippen molar-refractivity contribution in [3.8, 4) is 17.0 Å². The second kappa shape index (κ2) is 8.19. The molecule has 0 saturated carbocycles. The first kappa shape index (κ1) is 22.6. The largest absolute Gasteiger partial charge is 0.495 e. The minimum absolute atomic E-state index is 0.0666. The first-order valence-electron chi connectivity index (χ1n) is 9.72. The first-order valence-corrected chi connectivity index (χ1v) is 11.6. The zero-order chi connectivity index (χ0) is 23.1. The molecule has 0 aliphatic heterocycles. The number of hydrogen-bond donors (Lipinski definition) is 0. The number of aromatic nitrogens is 2. The lowest BCUT2D eigenvalue weighted by Crippen LogP contribution is -2.37. The number of rotatable bonds is 4. The van der Waals surface area contributed by atoms with E-state index < -0.39 is 9.84 Å². The summed E-state index contributed by atoms with van der Waals surface area (Å²) in [6.07, 6.45) is 1.13. The molecule has 0 N–H and O–H groups in total. The lowest BCUT2D eigenvalue weighted by Gasteiger charge is -2.14. The van der Waals surface area contributed by atoms with Crippen molar-refractivity contribution < 1.29 is 13.2 Å². The van der Waals surface area contributed by atoms with E-state index in [2.05, 4.69) is 12.1 Å². The molecule has 1 heterocycles. The molecule has 3 aromatic rings. The summed E-state index contributed by atoms with van der Waals surface area (Å²) in [5.41, 5.74) is 5.33. The minimum atomic E-state index is -3.52. The predicted octanol–water partition coefficient (Wildman–Crippen LogP) is 2.96. The Hall–Kier alpha value is -3.13. The van der Waals surface area contributed by atoms with E-state index in [4.69, 9.17) is 9.73 Å². The highest BCUT2D eigenvalue weighted by Crippen LogP contribution is 2.29. The fraction of sp³-hybridized carbons (Fsp3) is 0.304. The Kier molecular flexibility index (Phi) is 5.96. The summed E-state index contributed by atoms with van der Waals surface area (Å²) in [4.78, 5) is 17.8. The Morgan fingerprint density at radius 1 is 0.935 bits per heavy atom. The van der Waals surface area contributed by atoms with E-state index >= 15 is 0 Å². The van der Waals surface area contributed by atoms with Gasteiger partial charge in [-0.05, 0) is 55.7 Å². The number of benzene rings is 2. The number of ether oxygens (including phenoxy) is 1. The van der Waals surface area contributed by atoms with Gasteiger partial charge in [-0.1, -0.05) is 17.7 Å². The van der Waals surface area contributed by atoms with Crippen molar-refractivity contribution in [1.29, 1.82) is 0 Å². The summed E-state index contributed by atoms with van der Waals surface area (Å²) in [6.45, 7) is 6.01. The Balaban J connectivity index is 2.34. The molecule has 0 bridgehead atoms. The number of sulfone groups is 1. The summed E-state index contributed by atoms with van der Waals surface area (Å²) in [7, 11) is 1.21. The van der Waals surface area contributed by atoms with Crippen LogP contribution in [0.1, 0.15) is 16.7 Å². The molecule has 164 valence electrons. The van der Waals surface area contributed by atoms with E-state index in [1.165, 1.54) is 22.3 Å². The van der Waals surface area contributed by atoms with Crippen molar-refractivity contribution in [2.24, 2.45) is 19.1 Å². The molecule has 0 fully saturated rings. The second-order valence-corrected chi connectivity index (χ2v) is 9.77. The van der Waals surface area contributed by atoms with Gasteiger partial charge in [0, 0.05) is 26.4 Å². The molecule has 0 amide bonds. The maximum absolute atomic E-state index is 12.9. The fourth-order valence-corrected chi connectivity index (χ4v) is 4.57. The Bertz CT molecular complexity index is 1390. The Morgan fingerprint density at radius 3 is 2.10 bits per heavy atom. The van der Waals surface area contributed by atoms with Crippen LogP contribution >= 0.6 is 0 Å². The normalized spacial score (nSPS) is 12.3. The summed E-state index contributed by atoms with van der Waals surface area (Å²) < 4.78 is 32.6. The molecule has 2 aromatic carbocycles. The molecule has 0 spiro atoms. The minimum Gasteiger partial charge on any atom is -0.495 e. The van der Waals surface area contributed by atoms with Crippen molar-refractivity contribution in [1.82, 2.24) is 9.13 Å². The molecule has 0 aliphatic carbocycles. The predicted molar refractivity (Wildman–Crippen MR) is 122 cm³/mol. The van der Waals surface area contributed by atoms with E-state index in [1.807, 2.05) is 20.8 Å². The van der Waals surface area contributed by atoms with Gasteiger partial charge in [-0.2, -0.15) is 0 Å². The van der Waals surface area contributed by atoms with Crippen LogP contribution in [0.25, 0.3) is 11.3 Å². The molecule has 0 radical (unpaired) electrons. The van der Waals surface area contributed by atoms with Crippen LogP contribution in [0.2, 0.25) is 0 Å². The molecule has 3 rings (SSSR count). The molecular weight excluding hydrogens is 414 g/mol. The zero-order valence-corrected chi connectivity index (χ0v) is 19.7. The maximum Gasteiger partial charge on any atom is 0.329 e. The summed E-state index contributed by atoms with van der Waals surface area (Å²) in [5, 5.41) is 0. The van der Waals surface area contributed by atoms with Crippen LogP contribution in [0.4, 0.5) is 5.69 Å². The second-order valence-electron chi connectivity index (χ2n) is 7.79. The third kappa shape index (κ3) is 4.34. The lowest BCUT2D eigenvalue weighted by atomic mass is 10.1. The maximum atomic E-state index is 12.9.